The number of hydrogen-bond acceptors (Lipinski definition) is 3. The number of hydrogen-bond donors (Lipinski definition) is 3. The van der Waals surface area contributed by atoms with E-state index in [4.69, 9.17) is 17.3 Å². The maximum atomic E-state index is 12.3. The van der Waals surface area contributed by atoms with E-state index in [1.807, 2.05) is 0 Å². The molecule has 1 atom stereocenters. The van der Waals surface area contributed by atoms with Crippen LogP contribution in [0, 0.1) is 12.3 Å². The van der Waals surface area contributed by atoms with E-state index >= 15 is 0 Å². The minimum absolute atomic E-state index is 0.0289. The van der Waals surface area contributed by atoms with Crippen molar-refractivity contribution >= 4 is 17.6 Å². The third-order valence-electron chi connectivity index (χ3n) is 3.57. The van der Waals surface area contributed by atoms with Crippen LogP contribution in [0.4, 0.5) is 5.69 Å². The molecule has 1 aromatic carbocycles. The van der Waals surface area contributed by atoms with E-state index in [1.165, 1.54) is 0 Å². The molecule has 0 aromatic heterocycles. The van der Waals surface area contributed by atoms with Crippen LogP contribution in [0.3, 0.4) is 0 Å². The Kier molecular flexibility index (Phi) is 3.66. The Hall–Kier alpha value is -2.48. The first-order valence-corrected chi connectivity index (χ1v) is 6.33. The van der Waals surface area contributed by atoms with Crippen molar-refractivity contribution in [2.45, 2.75) is 30.7 Å². The molecule has 1 aliphatic rings. The molecule has 0 spiro atoms. The van der Waals surface area contributed by atoms with Crippen molar-refractivity contribution in [3.8, 4) is 12.3 Å². The number of carbonyl (C=O) groups excluding carboxylic acids is 1. The molecule has 1 aromatic rings. The number of aliphatic carboxylic acids is 1. The minimum Gasteiger partial charge on any atom is -0.480 e. The highest BCUT2D eigenvalue weighted by Gasteiger charge is 2.51. The zero-order valence-corrected chi connectivity index (χ0v) is 10.9. The molecule has 1 unspecified atom stereocenters. The number of rotatable bonds is 5. The largest absolute Gasteiger partial charge is 0.480 e. The second-order valence-corrected chi connectivity index (χ2v) is 4.98. The quantitative estimate of drug-likeness (QED) is 0.548. The molecule has 4 N–H and O–H groups in total. The predicted molar refractivity (Wildman–Crippen MR) is 74.8 cm³/mol. The van der Waals surface area contributed by atoms with E-state index in [2.05, 4.69) is 11.2 Å². The van der Waals surface area contributed by atoms with E-state index in [-0.39, 0.29) is 12.3 Å². The fraction of sp³-hybridized carbons (Fsp3) is 0.333. The van der Waals surface area contributed by atoms with Crippen molar-refractivity contribution in [3.63, 3.8) is 0 Å². The average Bonchev–Trinajstić information content (AvgIpc) is 3.20. The van der Waals surface area contributed by atoms with Gasteiger partial charge in [0.15, 0.2) is 0 Å². The van der Waals surface area contributed by atoms with Gasteiger partial charge in [0.2, 0.25) is 5.91 Å². The summed E-state index contributed by atoms with van der Waals surface area (Å²) in [6.07, 6.45) is 6.49. The molecule has 1 amide bonds. The molecular weight excluding hydrogens is 256 g/mol. The zero-order valence-electron chi connectivity index (χ0n) is 10.9. The third-order valence-corrected chi connectivity index (χ3v) is 3.57. The summed E-state index contributed by atoms with van der Waals surface area (Å²) in [5.41, 5.74) is 6.48. The lowest BCUT2D eigenvalue weighted by molar-refractivity contribution is -0.142. The SMILES string of the molecule is C#CCC(NC(=O)C1(c2ccc(N)cc2)CC1)C(=O)O. The first-order chi connectivity index (χ1) is 9.49. The molecule has 5 heteroatoms. The lowest BCUT2D eigenvalue weighted by Crippen LogP contribution is -2.45. The Labute approximate surface area is 117 Å². The van der Waals surface area contributed by atoms with Crippen molar-refractivity contribution in [3.05, 3.63) is 29.8 Å². The smallest absolute Gasteiger partial charge is 0.327 e. The van der Waals surface area contributed by atoms with Crippen molar-refractivity contribution < 1.29 is 14.7 Å². The van der Waals surface area contributed by atoms with Gasteiger partial charge in [-0.25, -0.2) is 4.79 Å². The highest BCUT2D eigenvalue weighted by Crippen LogP contribution is 2.48. The third kappa shape index (κ3) is 2.59. The minimum atomic E-state index is -1.12. The number of nitrogen functional groups attached to an aromatic ring is 1. The van der Waals surface area contributed by atoms with Crippen molar-refractivity contribution in [1.29, 1.82) is 0 Å². The molecule has 104 valence electrons. The lowest BCUT2D eigenvalue weighted by atomic mass is 9.94. The van der Waals surface area contributed by atoms with Gasteiger partial charge in [-0.1, -0.05) is 12.1 Å². The van der Waals surface area contributed by atoms with Crippen molar-refractivity contribution in [2.75, 3.05) is 5.73 Å². The molecule has 0 bridgehead atoms. The van der Waals surface area contributed by atoms with Gasteiger partial charge in [0.25, 0.3) is 0 Å². The number of nitrogens with two attached hydrogens (primary N) is 1. The molecule has 0 saturated heterocycles. The Balaban J connectivity index is 2.14. The second-order valence-electron chi connectivity index (χ2n) is 4.98. The van der Waals surface area contributed by atoms with Crippen LogP contribution >= 0.6 is 0 Å². The highest BCUT2D eigenvalue weighted by atomic mass is 16.4. The summed E-state index contributed by atoms with van der Waals surface area (Å²) < 4.78 is 0. The number of anilines is 1. The summed E-state index contributed by atoms with van der Waals surface area (Å²) in [6, 6.07) is 6.04. The van der Waals surface area contributed by atoms with E-state index in [0.29, 0.717) is 18.5 Å². The molecule has 2 rings (SSSR count). The fourth-order valence-electron chi connectivity index (χ4n) is 2.19. The number of benzene rings is 1. The topological polar surface area (TPSA) is 92.4 Å². The summed E-state index contributed by atoms with van der Waals surface area (Å²) in [7, 11) is 0. The number of amides is 1. The van der Waals surface area contributed by atoms with Gasteiger partial charge in [0.1, 0.15) is 6.04 Å². The normalized spacial score (nSPS) is 16.8. The van der Waals surface area contributed by atoms with Gasteiger partial charge in [0, 0.05) is 12.1 Å². The summed E-state index contributed by atoms with van der Waals surface area (Å²) in [6.45, 7) is 0. The monoisotopic (exact) mass is 272 g/mol. The van der Waals surface area contributed by atoms with Gasteiger partial charge in [-0.2, -0.15) is 0 Å². The Morgan fingerprint density at radius 3 is 2.45 bits per heavy atom. The zero-order chi connectivity index (χ0) is 14.8. The average molecular weight is 272 g/mol. The molecule has 0 radical (unpaired) electrons. The van der Waals surface area contributed by atoms with E-state index < -0.39 is 17.4 Å². The maximum absolute atomic E-state index is 12.3. The van der Waals surface area contributed by atoms with Crippen LogP contribution in [0.1, 0.15) is 24.8 Å². The standard InChI is InChI=1S/C15H16N2O3/c1-2-3-12(13(18)19)17-14(20)15(8-9-15)10-4-6-11(16)7-5-10/h1,4-7,12H,3,8-9,16H2,(H,17,20)(H,18,19). The summed E-state index contributed by atoms with van der Waals surface area (Å²) in [5, 5.41) is 11.5. The Morgan fingerprint density at radius 2 is 2.00 bits per heavy atom. The van der Waals surface area contributed by atoms with E-state index in [1.54, 1.807) is 24.3 Å². The molecular formula is C15H16N2O3. The number of carbonyl (C=O) groups is 2. The van der Waals surface area contributed by atoms with Gasteiger partial charge in [-0.15, -0.1) is 12.3 Å². The number of carboxylic acids is 1. The van der Waals surface area contributed by atoms with Crippen molar-refractivity contribution in [1.82, 2.24) is 5.32 Å². The van der Waals surface area contributed by atoms with Crippen LogP contribution in [0.15, 0.2) is 24.3 Å². The number of terminal acetylenes is 1. The molecule has 5 nitrogen and oxygen atoms in total. The highest BCUT2D eigenvalue weighted by molar-refractivity contribution is 5.94. The molecule has 1 fully saturated rings. The van der Waals surface area contributed by atoms with E-state index in [0.717, 1.165) is 5.56 Å². The summed E-state index contributed by atoms with van der Waals surface area (Å²) in [4.78, 5) is 23.4. The second kappa shape index (κ2) is 5.25. The molecule has 1 aliphatic carbocycles. The maximum Gasteiger partial charge on any atom is 0.327 e. The van der Waals surface area contributed by atoms with Crippen molar-refractivity contribution in [2.24, 2.45) is 0 Å². The van der Waals surface area contributed by atoms with Crippen LogP contribution in [0.2, 0.25) is 0 Å². The Bertz CT molecular complexity index is 568. The molecule has 20 heavy (non-hydrogen) atoms. The van der Waals surface area contributed by atoms with Crippen LogP contribution in [0.5, 0.6) is 0 Å². The van der Waals surface area contributed by atoms with Gasteiger partial charge in [-0.3, -0.25) is 4.79 Å². The van der Waals surface area contributed by atoms with Crippen LogP contribution in [-0.2, 0) is 15.0 Å². The van der Waals surface area contributed by atoms with Crippen LogP contribution in [0.25, 0.3) is 0 Å². The predicted octanol–water partition coefficient (Wildman–Crippen LogP) is 0.893. The van der Waals surface area contributed by atoms with Gasteiger partial charge in [0.05, 0.1) is 5.41 Å². The molecule has 0 heterocycles. The lowest BCUT2D eigenvalue weighted by Gasteiger charge is -2.19. The van der Waals surface area contributed by atoms with Crippen LogP contribution < -0.4 is 11.1 Å². The molecule has 1 saturated carbocycles. The first kappa shape index (κ1) is 13.9. The van der Waals surface area contributed by atoms with Gasteiger partial charge < -0.3 is 16.2 Å². The first-order valence-electron chi connectivity index (χ1n) is 6.33. The number of carboxylic acid groups (broad SMARTS) is 1. The number of nitrogens with one attached hydrogen (secondary N) is 1. The Morgan fingerprint density at radius 1 is 1.40 bits per heavy atom. The summed E-state index contributed by atoms with van der Waals surface area (Å²) >= 11 is 0. The summed E-state index contributed by atoms with van der Waals surface area (Å²) in [5.74, 6) is 0.853. The van der Waals surface area contributed by atoms with E-state index in [9.17, 15) is 9.59 Å². The van der Waals surface area contributed by atoms with Crippen LogP contribution in [-0.4, -0.2) is 23.0 Å². The fourth-order valence-corrected chi connectivity index (χ4v) is 2.19. The van der Waals surface area contributed by atoms with Gasteiger partial charge >= 0.3 is 5.97 Å². The molecule has 0 aliphatic heterocycles. The van der Waals surface area contributed by atoms with Gasteiger partial charge in [-0.05, 0) is 30.5 Å².